The molecule has 0 aromatic heterocycles. The summed E-state index contributed by atoms with van der Waals surface area (Å²) in [7, 11) is 0. The van der Waals surface area contributed by atoms with Gasteiger partial charge < -0.3 is 15.8 Å². The first-order chi connectivity index (χ1) is 8.90. The average molecular weight is 267 g/mol. The van der Waals surface area contributed by atoms with Crippen molar-refractivity contribution in [1.82, 2.24) is 5.32 Å². The predicted molar refractivity (Wildman–Crippen MR) is 65.4 cm³/mol. The number of benzene rings is 1. The van der Waals surface area contributed by atoms with Gasteiger partial charge in [-0.05, 0) is 12.1 Å². The van der Waals surface area contributed by atoms with E-state index in [0.717, 1.165) is 0 Å². The van der Waals surface area contributed by atoms with Crippen molar-refractivity contribution in [3.05, 3.63) is 34.4 Å². The topological polar surface area (TPSA) is 125 Å². The van der Waals surface area contributed by atoms with Crippen LogP contribution < -0.4 is 15.8 Å². The Labute approximate surface area is 108 Å². The van der Waals surface area contributed by atoms with E-state index in [1.165, 1.54) is 31.2 Å². The number of amides is 2. The molecule has 0 saturated heterocycles. The first-order valence-corrected chi connectivity index (χ1v) is 5.35. The van der Waals surface area contributed by atoms with Crippen LogP contribution in [0.5, 0.6) is 5.75 Å². The quantitative estimate of drug-likeness (QED) is 0.552. The molecule has 3 N–H and O–H groups in total. The van der Waals surface area contributed by atoms with Crippen molar-refractivity contribution in [3.8, 4) is 5.75 Å². The molecule has 0 aliphatic carbocycles. The van der Waals surface area contributed by atoms with Gasteiger partial charge in [0.15, 0.2) is 6.10 Å². The summed E-state index contributed by atoms with van der Waals surface area (Å²) in [5.41, 5.74) is 5.03. The minimum atomic E-state index is -1.04. The number of nitro benzene ring substituents is 1. The summed E-state index contributed by atoms with van der Waals surface area (Å²) in [5.74, 6) is -0.814. The number of hydrogen-bond donors (Lipinski definition) is 2. The Bertz CT molecular complexity index is 486. The maximum atomic E-state index is 11.1. The van der Waals surface area contributed by atoms with E-state index in [-0.39, 0.29) is 23.9 Å². The van der Waals surface area contributed by atoms with Gasteiger partial charge in [-0.15, -0.1) is 0 Å². The third-order valence-electron chi connectivity index (χ3n) is 2.18. The van der Waals surface area contributed by atoms with Gasteiger partial charge in [0.2, 0.25) is 5.91 Å². The molecule has 102 valence electrons. The molecular weight excluding hydrogens is 254 g/mol. The SMILES string of the molecule is CC(=O)NCC(Oc1ccc([N+](=O)[O-])cc1)C(N)=O. The molecule has 0 saturated carbocycles. The molecule has 0 fully saturated rings. The van der Waals surface area contributed by atoms with Crippen molar-refractivity contribution in [3.63, 3.8) is 0 Å². The second-order valence-corrected chi connectivity index (χ2v) is 3.70. The Morgan fingerprint density at radius 1 is 1.42 bits per heavy atom. The van der Waals surface area contributed by atoms with E-state index in [2.05, 4.69) is 5.32 Å². The fourth-order valence-electron chi connectivity index (χ4n) is 1.25. The third kappa shape index (κ3) is 4.62. The summed E-state index contributed by atoms with van der Waals surface area (Å²) in [5, 5.41) is 12.9. The highest BCUT2D eigenvalue weighted by molar-refractivity contribution is 5.80. The Kier molecular flexibility index (Phi) is 4.81. The largest absolute Gasteiger partial charge is 0.479 e. The van der Waals surface area contributed by atoms with Gasteiger partial charge in [-0.3, -0.25) is 19.7 Å². The average Bonchev–Trinajstić information content (AvgIpc) is 2.34. The summed E-state index contributed by atoms with van der Waals surface area (Å²) in [4.78, 5) is 31.8. The molecule has 1 rings (SSSR count). The van der Waals surface area contributed by atoms with Crippen LogP contribution in [0.4, 0.5) is 5.69 Å². The Morgan fingerprint density at radius 2 is 2.00 bits per heavy atom. The number of carbonyl (C=O) groups is 2. The molecule has 0 heterocycles. The number of carbonyl (C=O) groups excluding carboxylic acids is 2. The fraction of sp³-hybridized carbons (Fsp3) is 0.273. The molecule has 0 radical (unpaired) electrons. The number of primary amides is 1. The number of non-ortho nitro benzene ring substituents is 1. The molecule has 8 heteroatoms. The number of nitrogens with two attached hydrogens (primary N) is 1. The number of nitrogens with one attached hydrogen (secondary N) is 1. The lowest BCUT2D eigenvalue weighted by molar-refractivity contribution is -0.384. The van der Waals surface area contributed by atoms with Gasteiger partial charge in [-0.2, -0.15) is 0 Å². The zero-order valence-corrected chi connectivity index (χ0v) is 10.2. The lowest BCUT2D eigenvalue weighted by Crippen LogP contribution is -2.43. The van der Waals surface area contributed by atoms with Gasteiger partial charge in [0.1, 0.15) is 5.75 Å². The van der Waals surface area contributed by atoms with Crippen LogP contribution in [-0.4, -0.2) is 29.4 Å². The third-order valence-corrected chi connectivity index (χ3v) is 2.18. The monoisotopic (exact) mass is 267 g/mol. The molecule has 1 unspecified atom stereocenters. The fourth-order valence-corrected chi connectivity index (χ4v) is 1.25. The second kappa shape index (κ2) is 6.34. The highest BCUT2D eigenvalue weighted by atomic mass is 16.6. The Morgan fingerprint density at radius 3 is 2.42 bits per heavy atom. The molecule has 8 nitrogen and oxygen atoms in total. The van der Waals surface area contributed by atoms with Gasteiger partial charge in [0.25, 0.3) is 11.6 Å². The molecule has 1 aromatic carbocycles. The highest BCUT2D eigenvalue weighted by Gasteiger charge is 2.18. The standard InChI is InChI=1S/C11H13N3O5/c1-7(15)13-6-10(11(12)16)19-9-4-2-8(3-5-9)14(17)18/h2-5,10H,6H2,1H3,(H2,12,16)(H,13,15). The van der Waals surface area contributed by atoms with Crippen LogP contribution >= 0.6 is 0 Å². The van der Waals surface area contributed by atoms with Crippen molar-refractivity contribution in [1.29, 1.82) is 0 Å². The van der Waals surface area contributed by atoms with Crippen molar-refractivity contribution in [2.75, 3.05) is 6.54 Å². The molecule has 0 bridgehead atoms. The number of ether oxygens (including phenoxy) is 1. The van der Waals surface area contributed by atoms with Crippen molar-refractivity contribution >= 4 is 17.5 Å². The van der Waals surface area contributed by atoms with E-state index in [9.17, 15) is 19.7 Å². The van der Waals surface area contributed by atoms with E-state index in [1.807, 2.05) is 0 Å². The van der Waals surface area contributed by atoms with Crippen molar-refractivity contribution < 1.29 is 19.2 Å². The first kappa shape index (κ1) is 14.4. The van der Waals surface area contributed by atoms with Crippen LogP contribution in [0.2, 0.25) is 0 Å². The summed E-state index contributed by atoms with van der Waals surface area (Å²) < 4.78 is 5.25. The molecule has 19 heavy (non-hydrogen) atoms. The van der Waals surface area contributed by atoms with E-state index < -0.39 is 16.9 Å². The molecule has 1 aromatic rings. The summed E-state index contributed by atoms with van der Waals surface area (Å²) in [6.45, 7) is 1.23. The van der Waals surface area contributed by atoms with Crippen LogP contribution in [0.3, 0.4) is 0 Å². The number of hydrogen-bond acceptors (Lipinski definition) is 5. The first-order valence-electron chi connectivity index (χ1n) is 5.35. The van der Waals surface area contributed by atoms with E-state index >= 15 is 0 Å². The van der Waals surface area contributed by atoms with Gasteiger partial charge >= 0.3 is 0 Å². The molecule has 0 spiro atoms. The minimum absolute atomic E-state index is 0.0678. The molecule has 1 atom stereocenters. The van der Waals surface area contributed by atoms with Gasteiger partial charge in [0.05, 0.1) is 11.5 Å². The zero-order valence-electron chi connectivity index (χ0n) is 10.2. The lowest BCUT2D eigenvalue weighted by Gasteiger charge is -2.16. The maximum absolute atomic E-state index is 11.1. The van der Waals surface area contributed by atoms with Crippen LogP contribution in [0, 0.1) is 10.1 Å². The van der Waals surface area contributed by atoms with Gasteiger partial charge in [-0.25, -0.2) is 0 Å². The minimum Gasteiger partial charge on any atom is -0.479 e. The lowest BCUT2D eigenvalue weighted by atomic mass is 10.3. The smallest absolute Gasteiger partial charge is 0.269 e. The summed E-state index contributed by atoms with van der Waals surface area (Å²) in [6.07, 6.45) is -1.04. The molecule has 0 aliphatic heterocycles. The van der Waals surface area contributed by atoms with Gasteiger partial charge in [0, 0.05) is 19.1 Å². The maximum Gasteiger partial charge on any atom is 0.269 e. The summed E-state index contributed by atoms with van der Waals surface area (Å²) in [6, 6.07) is 5.18. The molecular formula is C11H13N3O5. The van der Waals surface area contributed by atoms with Crippen LogP contribution in [0.1, 0.15) is 6.92 Å². The van der Waals surface area contributed by atoms with Crippen LogP contribution in [0.15, 0.2) is 24.3 Å². The Hall–Kier alpha value is -2.64. The molecule has 0 aliphatic rings. The summed E-state index contributed by atoms with van der Waals surface area (Å²) >= 11 is 0. The highest BCUT2D eigenvalue weighted by Crippen LogP contribution is 2.18. The van der Waals surface area contributed by atoms with E-state index in [1.54, 1.807) is 0 Å². The number of nitrogens with zero attached hydrogens (tertiary/aromatic N) is 1. The normalized spacial score (nSPS) is 11.4. The Balaban J connectivity index is 2.70. The predicted octanol–water partition coefficient (Wildman–Crippen LogP) is -0.0364. The van der Waals surface area contributed by atoms with Crippen LogP contribution in [0.25, 0.3) is 0 Å². The van der Waals surface area contributed by atoms with Crippen molar-refractivity contribution in [2.45, 2.75) is 13.0 Å². The zero-order chi connectivity index (χ0) is 14.4. The van der Waals surface area contributed by atoms with Gasteiger partial charge in [-0.1, -0.05) is 0 Å². The van der Waals surface area contributed by atoms with Crippen LogP contribution in [-0.2, 0) is 9.59 Å². The van der Waals surface area contributed by atoms with E-state index in [0.29, 0.717) is 0 Å². The number of nitro groups is 1. The van der Waals surface area contributed by atoms with Crippen molar-refractivity contribution in [2.24, 2.45) is 5.73 Å². The second-order valence-electron chi connectivity index (χ2n) is 3.70. The number of rotatable bonds is 6. The van der Waals surface area contributed by atoms with E-state index in [4.69, 9.17) is 10.5 Å². The molecule has 2 amide bonds.